The van der Waals surface area contributed by atoms with E-state index in [1.54, 1.807) is 0 Å². The van der Waals surface area contributed by atoms with Crippen molar-refractivity contribution in [2.45, 2.75) is 13.0 Å². The van der Waals surface area contributed by atoms with Crippen LogP contribution in [0.1, 0.15) is 6.92 Å². The molecule has 3 rings (SSSR count). The van der Waals surface area contributed by atoms with Crippen LogP contribution in [0, 0.1) is 0 Å². The molecule has 2 aromatic rings. The van der Waals surface area contributed by atoms with Crippen LogP contribution in [0.3, 0.4) is 0 Å². The second kappa shape index (κ2) is 4.86. The second-order valence-corrected chi connectivity index (χ2v) is 5.66. The average molecular weight is 306 g/mol. The Kier molecular flexibility index (Phi) is 3.22. The van der Waals surface area contributed by atoms with Gasteiger partial charge in [-0.15, -0.1) is 0 Å². The molecule has 4 heteroatoms. The zero-order valence-electron chi connectivity index (χ0n) is 10.4. The van der Waals surface area contributed by atoms with E-state index < -0.39 is 0 Å². The first kappa shape index (κ1) is 11.9. The van der Waals surface area contributed by atoms with E-state index >= 15 is 0 Å². The van der Waals surface area contributed by atoms with E-state index in [1.165, 1.54) is 11.1 Å². The summed E-state index contributed by atoms with van der Waals surface area (Å²) in [4.78, 5) is 7.03. The van der Waals surface area contributed by atoms with Crippen LogP contribution in [-0.4, -0.2) is 30.7 Å². The number of benzene rings is 1. The van der Waals surface area contributed by atoms with Crippen molar-refractivity contribution in [1.29, 1.82) is 0 Å². The largest absolute Gasteiger partial charge is 0.365 e. The van der Waals surface area contributed by atoms with E-state index in [9.17, 15) is 0 Å². The number of hydrogen-bond donors (Lipinski definition) is 1. The number of nitrogens with one attached hydrogen (secondary N) is 1. The van der Waals surface area contributed by atoms with Crippen molar-refractivity contribution in [3.05, 3.63) is 34.9 Å². The summed E-state index contributed by atoms with van der Waals surface area (Å²) in [5.41, 5.74) is 2.34. The first-order valence-corrected chi connectivity index (χ1v) is 7.06. The van der Waals surface area contributed by atoms with Gasteiger partial charge in [0.25, 0.3) is 0 Å². The van der Waals surface area contributed by atoms with E-state index in [1.807, 2.05) is 6.20 Å². The number of rotatable bonds is 1. The Morgan fingerprint density at radius 2 is 2.33 bits per heavy atom. The lowest BCUT2D eigenvalue weighted by atomic mass is 10.1. The predicted octanol–water partition coefficient (Wildman–Crippen LogP) is 2.80. The van der Waals surface area contributed by atoms with E-state index in [2.05, 4.69) is 62.3 Å². The molecule has 0 bridgehead atoms. The monoisotopic (exact) mass is 305 g/mol. The molecule has 94 valence electrons. The third-order valence-electron chi connectivity index (χ3n) is 3.47. The summed E-state index contributed by atoms with van der Waals surface area (Å²) in [5, 5.41) is 4.61. The van der Waals surface area contributed by atoms with Gasteiger partial charge >= 0.3 is 0 Å². The van der Waals surface area contributed by atoms with Crippen LogP contribution in [0.25, 0.3) is 10.9 Å². The Balaban J connectivity index is 2.10. The van der Waals surface area contributed by atoms with Gasteiger partial charge < -0.3 is 10.2 Å². The fourth-order valence-corrected chi connectivity index (χ4v) is 2.90. The lowest BCUT2D eigenvalue weighted by Crippen LogP contribution is -2.50. The first-order valence-electron chi connectivity index (χ1n) is 6.27. The lowest BCUT2D eigenvalue weighted by Gasteiger charge is -2.36. The molecular formula is C14H16BrN3. The third kappa shape index (κ3) is 2.10. The molecule has 1 atom stereocenters. The SMILES string of the molecule is CC1CNCCN1c1cccc2cc(Br)cnc12. The number of anilines is 1. The number of pyridine rings is 1. The first-order chi connectivity index (χ1) is 8.75. The Morgan fingerprint density at radius 1 is 1.44 bits per heavy atom. The maximum absolute atomic E-state index is 4.58. The van der Waals surface area contributed by atoms with Crippen LogP contribution in [-0.2, 0) is 0 Å². The topological polar surface area (TPSA) is 28.2 Å². The van der Waals surface area contributed by atoms with Crippen LogP contribution in [0.2, 0.25) is 0 Å². The van der Waals surface area contributed by atoms with Gasteiger partial charge in [0.2, 0.25) is 0 Å². The van der Waals surface area contributed by atoms with Crippen LogP contribution >= 0.6 is 15.9 Å². The van der Waals surface area contributed by atoms with E-state index in [-0.39, 0.29) is 0 Å². The molecule has 1 N–H and O–H groups in total. The normalized spacial score (nSPS) is 20.3. The maximum atomic E-state index is 4.58. The van der Waals surface area contributed by atoms with Gasteiger partial charge in [-0.25, -0.2) is 0 Å². The van der Waals surface area contributed by atoms with E-state index in [4.69, 9.17) is 0 Å². The molecule has 2 heterocycles. The summed E-state index contributed by atoms with van der Waals surface area (Å²) in [5.74, 6) is 0. The fourth-order valence-electron chi connectivity index (χ4n) is 2.55. The summed E-state index contributed by atoms with van der Waals surface area (Å²) in [6, 6.07) is 9.03. The second-order valence-electron chi connectivity index (χ2n) is 4.75. The molecule has 0 aliphatic carbocycles. The predicted molar refractivity (Wildman–Crippen MR) is 79.1 cm³/mol. The highest BCUT2D eigenvalue weighted by atomic mass is 79.9. The molecule has 0 amide bonds. The Morgan fingerprint density at radius 3 is 3.17 bits per heavy atom. The molecule has 1 fully saturated rings. The lowest BCUT2D eigenvalue weighted by molar-refractivity contribution is 0.501. The summed E-state index contributed by atoms with van der Waals surface area (Å²) in [6.07, 6.45) is 1.87. The highest BCUT2D eigenvalue weighted by Crippen LogP contribution is 2.28. The molecule has 0 saturated carbocycles. The number of halogens is 1. The third-order valence-corrected chi connectivity index (χ3v) is 3.90. The van der Waals surface area contributed by atoms with Crippen molar-refractivity contribution in [3.63, 3.8) is 0 Å². The Hall–Kier alpha value is -1.13. The summed E-state index contributed by atoms with van der Waals surface area (Å²) in [6.45, 7) is 5.37. The molecule has 18 heavy (non-hydrogen) atoms. The average Bonchev–Trinajstić information content (AvgIpc) is 2.38. The molecule has 1 unspecified atom stereocenters. The maximum Gasteiger partial charge on any atom is 0.0936 e. The van der Waals surface area contributed by atoms with Gasteiger partial charge in [-0.2, -0.15) is 0 Å². The molecule has 3 nitrogen and oxygen atoms in total. The molecule has 0 radical (unpaired) electrons. The molecular weight excluding hydrogens is 290 g/mol. The molecule has 1 aromatic heterocycles. The van der Waals surface area contributed by atoms with Crippen LogP contribution in [0.4, 0.5) is 5.69 Å². The van der Waals surface area contributed by atoms with Crippen molar-refractivity contribution in [3.8, 4) is 0 Å². The quantitative estimate of drug-likeness (QED) is 0.878. The van der Waals surface area contributed by atoms with E-state index in [0.29, 0.717) is 6.04 Å². The van der Waals surface area contributed by atoms with Crippen molar-refractivity contribution in [2.75, 3.05) is 24.5 Å². The number of nitrogens with zero attached hydrogens (tertiary/aromatic N) is 2. The minimum absolute atomic E-state index is 0.509. The van der Waals surface area contributed by atoms with Gasteiger partial charge in [0, 0.05) is 41.7 Å². The Labute approximate surface area is 115 Å². The van der Waals surface area contributed by atoms with Gasteiger partial charge in [-0.05, 0) is 35.0 Å². The number of hydrogen-bond acceptors (Lipinski definition) is 3. The highest BCUT2D eigenvalue weighted by Gasteiger charge is 2.20. The zero-order valence-corrected chi connectivity index (χ0v) is 11.9. The summed E-state index contributed by atoms with van der Waals surface area (Å²) in [7, 11) is 0. The summed E-state index contributed by atoms with van der Waals surface area (Å²) < 4.78 is 1.03. The molecule has 1 aliphatic heterocycles. The minimum atomic E-state index is 0.509. The molecule has 1 aromatic carbocycles. The van der Waals surface area contributed by atoms with Crippen LogP contribution < -0.4 is 10.2 Å². The number of aromatic nitrogens is 1. The number of fused-ring (bicyclic) bond motifs is 1. The smallest absolute Gasteiger partial charge is 0.0936 e. The van der Waals surface area contributed by atoms with Gasteiger partial charge in [-0.1, -0.05) is 12.1 Å². The van der Waals surface area contributed by atoms with Crippen molar-refractivity contribution in [1.82, 2.24) is 10.3 Å². The van der Waals surface area contributed by atoms with Gasteiger partial charge in [0.15, 0.2) is 0 Å². The van der Waals surface area contributed by atoms with Crippen molar-refractivity contribution < 1.29 is 0 Å². The number of piperazine rings is 1. The standard InChI is InChI=1S/C14H16BrN3/c1-10-8-16-5-6-18(10)13-4-2-3-11-7-12(15)9-17-14(11)13/h2-4,7,9-10,16H,5-6,8H2,1H3. The molecule has 1 saturated heterocycles. The Bertz CT molecular complexity index is 570. The molecule has 0 spiro atoms. The number of para-hydroxylation sites is 1. The fraction of sp³-hybridized carbons (Fsp3) is 0.357. The zero-order chi connectivity index (χ0) is 12.5. The van der Waals surface area contributed by atoms with Crippen LogP contribution in [0.5, 0.6) is 0 Å². The van der Waals surface area contributed by atoms with Crippen LogP contribution in [0.15, 0.2) is 34.9 Å². The summed E-state index contributed by atoms with van der Waals surface area (Å²) >= 11 is 3.48. The van der Waals surface area contributed by atoms with Crippen molar-refractivity contribution in [2.24, 2.45) is 0 Å². The van der Waals surface area contributed by atoms with Gasteiger partial charge in [0.05, 0.1) is 11.2 Å². The van der Waals surface area contributed by atoms with E-state index in [0.717, 1.165) is 29.6 Å². The van der Waals surface area contributed by atoms with Crippen molar-refractivity contribution >= 4 is 32.5 Å². The molecule has 1 aliphatic rings. The highest BCUT2D eigenvalue weighted by molar-refractivity contribution is 9.10. The minimum Gasteiger partial charge on any atom is -0.365 e. The van der Waals surface area contributed by atoms with Gasteiger partial charge in [0.1, 0.15) is 0 Å². The van der Waals surface area contributed by atoms with Gasteiger partial charge in [-0.3, -0.25) is 4.98 Å².